The van der Waals surface area contributed by atoms with Crippen molar-refractivity contribution in [3.8, 4) is 0 Å². The quantitative estimate of drug-likeness (QED) is 0.814. The van der Waals surface area contributed by atoms with E-state index in [9.17, 15) is 9.59 Å². The third kappa shape index (κ3) is 5.38. The number of carboxylic acid groups (broad SMARTS) is 1. The lowest BCUT2D eigenvalue weighted by atomic mass is 10.1. The Morgan fingerprint density at radius 1 is 0.955 bits per heavy atom. The number of nitrogens with one attached hydrogen (secondary N) is 2. The number of anilines is 1. The Kier molecular flexibility index (Phi) is 6.79. The monoisotopic (exact) mass is 300 g/mol. The molecule has 0 radical (unpaired) electrons. The van der Waals surface area contributed by atoms with Crippen molar-refractivity contribution in [2.45, 2.75) is 6.92 Å². The minimum atomic E-state index is -1.01. The molecule has 0 saturated heterocycles. The predicted molar refractivity (Wildman–Crippen MR) is 87.5 cm³/mol. The average Bonchev–Trinajstić information content (AvgIpc) is 2.48. The van der Waals surface area contributed by atoms with Gasteiger partial charge in [0.2, 0.25) is 0 Å². The van der Waals surface area contributed by atoms with Gasteiger partial charge in [0.15, 0.2) is 0 Å². The van der Waals surface area contributed by atoms with E-state index in [4.69, 9.17) is 5.11 Å². The minimum absolute atomic E-state index is 0.159. The van der Waals surface area contributed by atoms with Crippen molar-refractivity contribution in [1.82, 2.24) is 5.32 Å². The molecule has 22 heavy (non-hydrogen) atoms. The van der Waals surface area contributed by atoms with Crippen LogP contribution in [0.1, 0.15) is 26.3 Å². The summed E-state index contributed by atoms with van der Waals surface area (Å²) in [5.41, 5.74) is 2.35. The molecule has 0 heterocycles. The Bertz CT molecular complexity index is 637. The number of benzene rings is 2. The summed E-state index contributed by atoms with van der Waals surface area (Å²) in [6, 6.07) is 13.3. The second kappa shape index (κ2) is 8.59. The molecule has 5 nitrogen and oxygen atoms in total. The molecule has 0 bridgehead atoms. The van der Waals surface area contributed by atoms with Gasteiger partial charge in [-0.05, 0) is 63.0 Å². The molecule has 0 fully saturated rings. The predicted octanol–water partition coefficient (Wildman–Crippen LogP) is 2.78. The lowest BCUT2D eigenvalue weighted by Crippen LogP contribution is -2.12. The highest BCUT2D eigenvalue weighted by atomic mass is 16.4. The topological polar surface area (TPSA) is 78.4 Å². The smallest absolute Gasteiger partial charge is 0.335 e. The fourth-order valence-electron chi connectivity index (χ4n) is 1.69. The molecule has 0 saturated carbocycles. The van der Waals surface area contributed by atoms with Crippen LogP contribution in [0.25, 0.3) is 0 Å². The number of carbonyl (C=O) groups excluding carboxylic acids is 1. The van der Waals surface area contributed by atoms with Gasteiger partial charge >= 0.3 is 5.97 Å². The van der Waals surface area contributed by atoms with E-state index in [-0.39, 0.29) is 11.5 Å². The van der Waals surface area contributed by atoms with Crippen LogP contribution in [0.15, 0.2) is 48.5 Å². The number of rotatable bonds is 3. The third-order valence-electron chi connectivity index (χ3n) is 2.67. The van der Waals surface area contributed by atoms with E-state index in [0.29, 0.717) is 11.3 Å². The molecule has 116 valence electrons. The van der Waals surface area contributed by atoms with Crippen LogP contribution < -0.4 is 10.6 Å². The summed E-state index contributed by atoms with van der Waals surface area (Å²) in [6.07, 6.45) is 0. The first kappa shape index (κ1) is 17.4. The Balaban J connectivity index is 0.000000745. The first-order valence-electron chi connectivity index (χ1n) is 6.77. The van der Waals surface area contributed by atoms with Gasteiger partial charge in [-0.15, -0.1) is 0 Å². The third-order valence-corrected chi connectivity index (χ3v) is 2.67. The fourth-order valence-corrected chi connectivity index (χ4v) is 1.69. The highest BCUT2D eigenvalue weighted by Crippen LogP contribution is 2.12. The second-order valence-electron chi connectivity index (χ2n) is 4.71. The van der Waals surface area contributed by atoms with Gasteiger partial charge in [0.05, 0.1) is 5.56 Å². The van der Waals surface area contributed by atoms with Crippen LogP contribution in [-0.4, -0.2) is 31.1 Å². The Morgan fingerprint density at radius 2 is 1.50 bits per heavy atom. The molecule has 0 aromatic heterocycles. The molecule has 0 aliphatic rings. The molecule has 0 aliphatic carbocycles. The molecule has 2 aromatic rings. The standard InChI is InChI=1S/C15H13NO3.C2H7N/c1-10-3-2-4-13(9-10)16-14(17)11-5-7-12(8-6-11)15(18)19;1-3-2/h2-9H,1H3,(H,16,17)(H,18,19);3H,1-2H3. The van der Waals surface area contributed by atoms with E-state index in [0.717, 1.165) is 5.56 Å². The molecule has 0 unspecified atom stereocenters. The summed E-state index contributed by atoms with van der Waals surface area (Å²) < 4.78 is 0. The second-order valence-corrected chi connectivity index (χ2v) is 4.71. The van der Waals surface area contributed by atoms with Gasteiger partial charge in [-0.3, -0.25) is 4.79 Å². The summed E-state index contributed by atoms with van der Waals surface area (Å²) in [7, 11) is 3.75. The molecule has 2 rings (SSSR count). The first-order chi connectivity index (χ1) is 10.5. The zero-order chi connectivity index (χ0) is 16.5. The summed E-state index contributed by atoms with van der Waals surface area (Å²) in [5, 5.41) is 14.3. The number of hydrogen-bond donors (Lipinski definition) is 3. The van der Waals surface area contributed by atoms with Crippen molar-refractivity contribution < 1.29 is 14.7 Å². The molecular weight excluding hydrogens is 280 g/mol. The van der Waals surface area contributed by atoms with Gasteiger partial charge < -0.3 is 15.7 Å². The van der Waals surface area contributed by atoms with Crippen LogP contribution >= 0.6 is 0 Å². The zero-order valence-electron chi connectivity index (χ0n) is 12.9. The van der Waals surface area contributed by atoms with E-state index in [1.54, 1.807) is 6.07 Å². The Hall–Kier alpha value is -2.66. The Morgan fingerprint density at radius 3 is 2.00 bits per heavy atom. The zero-order valence-corrected chi connectivity index (χ0v) is 12.9. The van der Waals surface area contributed by atoms with Crippen molar-refractivity contribution >= 4 is 17.6 Å². The van der Waals surface area contributed by atoms with Gasteiger partial charge in [0.1, 0.15) is 0 Å². The van der Waals surface area contributed by atoms with E-state index >= 15 is 0 Å². The summed E-state index contributed by atoms with van der Waals surface area (Å²) in [6.45, 7) is 1.94. The van der Waals surface area contributed by atoms with Crippen LogP contribution in [0, 0.1) is 6.92 Å². The number of hydrogen-bond acceptors (Lipinski definition) is 3. The SMILES string of the molecule is CNC.Cc1cccc(NC(=O)c2ccc(C(=O)O)cc2)c1. The van der Waals surface area contributed by atoms with Crippen molar-refractivity contribution in [3.05, 3.63) is 65.2 Å². The lowest BCUT2D eigenvalue weighted by molar-refractivity contribution is 0.0696. The maximum atomic E-state index is 11.9. The number of aromatic carboxylic acids is 1. The molecular formula is C17H20N2O3. The average molecular weight is 300 g/mol. The first-order valence-corrected chi connectivity index (χ1v) is 6.77. The molecule has 1 amide bonds. The van der Waals surface area contributed by atoms with Crippen molar-refractivity contribution in [3.63, 3.8) is 0 Å². The van der Waals surface area contributed by atoms with E-state index in [1.807, 2.05) is 39.2 Å². The molecule has 3 N–H and O–H groups in total. The number of carboxylic acids is 1. The van der Waals surface area contributed by atoms with E-state index < -0.39 is 5.97 Å². The Labute approximate surface area is 130 Å². The van der Waals surface area contributed by atoms with Gasteiger partial charge in [0.25, 0.3) is 5.91 Å². The number of aryl methyl sites for hydroxylation is 1. The molecule has 0 spiro atoms. The summed E-state index contributed by atoms with van der Waals surface area (Å²) in [4.78, 5) is 22.7. The van der Waals surface area contributed by atoms with Crippen LogP contribution in [0.2, 0.25) is 0 Å². The largest absolute Gasteiger partial charge is 0.478 e. The lowest BCUT2D eigenvalue weighted by Gasteiger charge is -2.06. The summed E-state index contributed by atoms with van der Waals surface area (Å²) in [5.74, 6) is -1.27. The van der Waals surface area contributed by atoms with Gasteiger partial charge in [-0.25, -0.2) is 4.79 Å². The normalized spacial score (nSPS) is 9.41. The van der Waals surface area contributed by atoms with Crippen molar-refractivity contribution in [2.75, 3.05) is 19.4 Å². The van der Waals surface area contributed by atoms with Crippen LogP contribution in [0.4, 0.5) is 5.69 Å². The van der Waals surface area contributed by atoms with Crippen molar-refractivity contribution in [2.24, 2.45) is 0 Å². The summed E-state index contributed by atoms with van der Waals surface area (Å²) >= 11 is 0. The molecule has 0 atom stereocenters. The van der Waals surface area contributed by atoms with Gasteiger partial charge in [-0.1, -0.05) is 12.1 Å². The van der Waals surface area contributed by atoms with Crippen LogP contribution in [0.3, 0.4) is 0 Å². The van der Waals surface area contributed by atoms with Crippen LogP contribution in [0.5, 0.6) is 0 Å². The van der Waals surface area contributed by atoms with E-state index in [1.165, 1.54) is 24.3 Å². The highest BCUT2D eigenvalue weighted by Gasteiger charge is 2.08. The van der Waals surface area contributed by atoms with Gasteiger partial charge in [-0.2, -0.15) is 0 Å². The number of amides is 1. The maximum absolute atomic E-state index is 11.9. The van der Waals surface area contributed by atoms with Crippen molar-refractivity contribution in [1.29, 1.82) is 0 Å². The number of carbonyl (C=O) groups is 2. The fraction of sp³-hybridized carbons (Fsp3) is 0.176. The minimum Gasteiger partial charge on any atom is -0.478 e. The molecule has 5 heteroatoms. The van der Waals surface area contributed by atoms with E-state index in [2.05, 4.69) is 10.6 Å². The molecule has 0 aliphatic heterocycles. The van der Waals surface area contributed by atoms with Gasteiger partial charge in [0, 0.05) is 11.3 Å². The van der Waals surface area contributed by atoms with Crippen LogP contribution in [-0.2, 0) is 0 Å². The highest BCUT2D eigenvalue weighted by molar-refractivity contribution is 6.04. The maximum Gasteiger partial charge on any atom is 0.335 e. The molecule has 2 aromatic carbocycles.